The van der Waals surface area contributed by atoms with Gasteiger partial charge in [0.25, 0.3) is 0 Å². The zero-order chi connectivity index (χ0) is 20.1. The number of anilines is 1. The first-order chi connectivity index (χ1) is 12.4. The fraction of sp³-hybridized carbons (Fsp3) is 0.429. The number of carboxylic acid groups (broad SMARTS) is 1. The maximum Gasteiger partial charge on any atom is 0.412 e. The third kappa shape index (κ3) is 3.47. The second-order valence-electron chi connectivity index (χ2n) is 8.75. The van der Waals surface area contributed by atoms with Gasteiger partial charge < -0.3 is 5.11 Å². The summed E-state index contributed by atoms with van der Waals surface area (Å²) in [4.78, 5) is 18.4. The average Bonchev–Trinajstić information content (AvgIpc) is 2.77. The van der Waals surface area contributed by atoms with E-state index in [4.69, 9.17) is 4.98 Å². The summed E-state index contributed by atoms with van der Waals surface area (Å²) in [7, 11) is 0. The van der Waals surface area contributed by atoms with Gasteiger partial charge in [0.1, 0.15) is 10.4 Å². The van der Waals surface area contributed by atoms with Crippen LogP contribution in [0.2, 0.25) is 0 Å². The molecule has 4 nitrogen and oxygen atoms in total. The van der Waals surface area contributed by atoms with Crippen molar-refractivity contribution in [2.24, 2.45) is 5.41 Å². The summed E-state index contributed by atoms with van der Waals surface area (Å²) in [6.07, 6.45) is -0.437. The second-order valence-corrected chi connectivity index (χ2v) is 9.50. The van der Waals surface area contributed by atoms with Crippen molar-refractivity contribution in [3.63, 3.8) is 0 Å². The molecule has 144 valence electrons. The summed E-state index contributed by atoms with van der Waals surface area (Å²) < 4.78 is 13.9. The zero-order valence-electron chi connectivity index (χ0n) is 16.2. The molecule has 0 spiro atoms. The van der Waals surface area contributed by atoms with Gasteiger partial charge in [-0.25, -0.2) is 14.2 Å². The van der Waals surface area contributed by atoms with Crippen LogP contribution < -0.4 is 4.90 Å². The molecule has 0 bridgehead atoms. The molecule has 0 saturated carbocycles. The number of fused-ring (bicyclic) bond motifs is 1. The van der Waals surface area contributed by atoms with Crippen LogP contribution in [0.4, 0.5) is 14.9 Å². The van der Waals surface area contributed by atoms with Crippen molar-refractivity contribution in [1.29, 1.82) is 0 Å². The van der Waals surface area contributed by atoms with Crippen LogP contribution in [0.3, 0.4) is 0 Å². The number of rotatable bonds is 2. The molecule has 1 unspecified atom stereocenters. The molecule has 1 aromatic carbocycles. The summed E-state index contributed by atoms with van der Waals surface area (Å²) in [5.74, 6) is -0.281. The normalized spacial score (nSPS) is 18.5. The molecule has 2 aromatic rings. The second kappa shape index (κ2) is 6.59. The first-order valence-electron chi connectivity index (χ1n) is 8.89. The number of aromatic nitrogens is 1. The fourth-order valence-electron chi connectivity index (χ4n) is 4.40. The van der Waals surface area contributed by atoms with Crippen LogP contribution in [-0.2, 0) is 11.8 Å². The van der Waals surface area contributed by atoms with E-state index < -0.39 is 11.5 Å². The number of nitrogens with zero attached hydrogens (tertiary/aromatic N) is 2. The molecule has 1 amide bonds. The van der Waals surface area contributed by atoms with Gasteiger partial charge in [0.05, 0.1) is 17.4 Å². The molecule has 0 saturated heterocycles. The molecule has 2 heterocycles. The minimum Gasteiger partial charge on any atom is -0.465 e. The van der Waals surface area contributed by atoms with Crippen LogP contribution in [0.1, 0.15) is 51.4 Å². The molecule has 0 aliphatic carbocycles. The van der Waals surface area contributed by atoms with Gasteiger partial charge in [-0.05, 0) is 50.7 Å². The number of amides is 1. The van der Waals surface area contributed by atoms with Gasteiger partial charge in [0, 0.05) is 11.8 Å². The van der Waals surface area contributed by atoms with Crippen LogP contribution in [-0.4, -0.2) is 22.2 Å². The number of benzene rings is 1. The van der Waals surface area contributed by atoms with Gasteiger partial charge >= 0.3 is 6.09 Å². The summed E-state index contributed by atoms with van der Waals surface area (Å²) in [5, 5.41) is 9.95. The maximum absolute atomic E-state index is 13.2. The highest BCUT2D eigenvalue weighted by atomic mass is 79.9. The lowest BCUT2D eigenvalue weighted by Gasteiger charge is -2.40. The minimum absolute atomic E-state index is 0.238. The number of hydrogen-bond acceptors (Lipinski definition) is 2. The Morgan fingerprint density at radius 3 is 2.41 bits per heavy atom. The Balaban J connectivity index is 2.11. The van der Waals surface area contributed by atoms with Gasteiger partial charge in [-0.15, -0.1) is 0 Å². The van der Waals surface area contributed by atoms with E-state index in [1.165, 1.54) is 17.0 Å². The van der Waals surface area contributed by atoms with Crippen LogP contribution >= 0.6 is 15.9 Å². The third-order valence-electron chi connectivity index (χ3n) is 5.17. The Kier molecular flexibility index (Phi) is 4.83. The van der Waals surface area contributed by atoms with Crippen molar-refractivity contribution >= 4 is 27.7 Å². The highest BCUT2D eigenvalue weighted by Gasteiger charge is 2.53. The number of halogens is 2. The van der Waals surface area contributed by atoms with Crippen molar-refractivity contribution < 1.29 is 14.3 Å². The van der Waals surface area contributed by atoms with Crippen LogP contribution in [0.15, 0.2) is 34.9 Å². The maximum atomic E-state index is 13.2. The Morgan fingerprint density at radius 2 is 1.89 bits per heavy atom. The van der Waals surface area contributed by atoms with E-state index in [0.717, 1.165) is 16.8 Å². The number of pyridine rings is 1. The van der Waals surface area contributed by atoms with E-state index in [-0.39, 0.29) is 17.3 Å². The highest BCUT2D eigenvalue weighted by molar-refractivity contribution is 9.10. The topological polar surface area (TPSA) is 53.4 Å². The Labute approximate surface area is 167 Å². The fourth-order valence-corrected chi connectivity index (χ4v) is 4.83. The minimum atomic E-state index is -0.974. The predicted octanol–water partition coefficient (Wildman–Crippen LogP) is 5.76. The molecule has 3 rings (SSSR count). The van der Waals surface area contributed by atoms with E-state index in [1.807, 2.05) is 19.9 Å². The molecule has 27 heavy (non-hydrogen) atoms. The SMILES string of the molecule is CC(C)(C)C1N(C(=O)O)c2cc(Cc3ccc(F)cc3)c(Br)nc2C1(C)C. The molecular formula is C21H24BrFN2O2. The highest BCUT2D eigenvalue weighted by Crippen LogP contribution is 2.51. The molecule has 1 aliphatic heterocycles. The van der Waals surface area contributed by atoms with E-state index in [2.05, 4.69) is 36.7 Å². The summed E-state index contributed by atoms with van der Waals surface area (Å²) in [6.45, 7) is 10.2. The van der Waals surface area contributed by atoms with Crippen LogP contribution in [0.25, 0.3) is 0 Å². The van der Waals surface area contributed by atoms with E-state index in [0.29, 0.717) is 16.7 Å². The summed E-state index contributed by atoms with van der Waals surface area (Å²) in [6, 6.07) is 7.96. The average molecular weight is 435 g/mol. The first-order valence-corrected chi connectivity index (χ1v) is 9.68. The molecule has 0 fully saturated rings. The zero-order valence-corrected chi connectivity index (χ0v) is 17.8. The third-order valence-corrected chi connectivity index (χ3v) is 5.86. The molecule has 1 N–H and O–H groups in total. The smallest absolute Gasteiger partial charge is 0.412 e. The first kappa shape index (κ1) is 19.8. The van der Waals surface area contributed by atoms with E-state index in [9.17, 15) is 14.3 Å². The van der Waals surface area contributed by atoms with Gasteiger partial charge in [-0.1, -0.05) is 46.8 Å². The van der Waals surface area contributed by atoms with Crippen molar-refractivity contribution in [2.45, 2.75) is 52.5 Å². The van der Waals surface area contributed by atoms with Crippen LogP contribution in [0.5, 0.6) is 0 Å². The molecule has 1 aromatic heterocycles. The van der Waals surface area contributed by atoms with Crippen molar-refractivity contribution in [2.75, 3.05) is 4.90 Å². The Bertz CT molecular complexity index is 888. The largest absolute Gasteiger partial charge is 0.465 e. The standard InChI is InChI=1S/C21H24BrFN2O2/c1-20(2,3)18-21(4,5)16-15(25(18)19(26)27)11-13(17(22)24-16)10-12-6-8-14(23)9-7-12/h6-9,11,18H,10H2,1-5H3,(H,26,27). The molecule has 0 radical (unpaired) electrons. The molecule has 6 heteroatoms. The summed E-state index contributed by atoms with van der Waals surface area (Å²) in [5.41, 5.74) is 2.53. The molecule has 1 atom stereocenters. The number of hydrogen-bond donors (Lipinski definition) is 1. The van der Waals surface area contributed by atoms with Gasteiger partial charge in [-0.2, -0.15) is 0 Å². The van der Waals surface area contributed by atoms with Gasteiger partial charge in [-0.3, -0.25) is 4.90 Å². The van der Waals surface area contributed by atoms with E-state index >= 15 is 0 Å². The van der Waals surface area contributed by atoms with Crippen molar-refractivity contribution in [3.05, 3.63) is 57.6 Å². The number of carbonyl (C=O) groups is 1. The monoisotopic (exact) mass is 434 g/mol. The Morgan fingerprint density at radius 1 is 1.30 bits per heavy atom. The quantitative estimate of drug-likeness (QED) is 0.610. The predicted molar refractivity (Wildman–Crippen MR) is 108 cm³/mol. The van der Waals surface area contributed by atoms with Gasteiger partial charge in [0.2, 0.25) is 0 Å². The lowest BCUT2D eigenvalue weighted by molar-refractivity contribution is 0.177. The summed E-state index contributed by atoms with van der Waals surface area (Å²) >= 11 is 3.55. The molecule has 1 aliphatic rings. The van der Waals surface area contributed by atoms with Crippen LogP contribution in [0, 0.1) is 11.2 Å². The lowest BCUT2D eigenvalue weighted by Crippen LogP contribution is -2.52. The Hall–Kier alpha value is -1.95. The van der Waals surface area contributed by atoms with Crippen molar-refractivity contribution in [1.82, 2.24) is 4.98 Å². The van der Waals surface area contributed by atoms with E-state index in [1.54, 1.807) is 12.1 Å². The lowest BCUT2D eigenvalue weighted by atomic mass is 9.71. The molecular weight excluding hydrogens is 411 g/mol. The van der Waals surface area contributed by atoms with Crippen molar-refractivity contribution in [3.8, 4) is 0 Å². The van der Waals surface area contributed by atoms with Gasteiger partial charge in [0.15, 0.2) is 0 Å².